The molecule has 0 bridgehead atoms. The van der Waals surface area contributed by atoms with Gasteiger partial charge in [-0.1, -0.05) is 24.3 Å². The third kappa shape index (κ3) is 6.10. The first-order valence-corrected chi connectivity index (χ1v) is 9.08. The van der Waals surface area contributed by atoms with Crippen LogP contribution < -0.4 is 10.6 Å². The molecule has 0 saturated carbocycles. The summed E-state index contributed by atoms with van der Waals surface area (Å²) in [7, 11) is 4.21. The minimum atomic E-state index is 0. The maximum Gasteiger partial charge on any atom is 0.234 e. The van der Waals surface area contributed by atoms with Crippen molar-refractivity contribution in [3.05, 3.63) is 35.4 Å². The fourth-order valence-electron chi connectivity index (χ4n) is 3.84. The lowest BCUT2D eigenvalue weighted by Crippen LogP contribution is -2.49. The quantitative estimate of drug-likeness (QED) is 0.786. The maximum absolute atomic E-state index is 12.3. The van der Waals surface area contributed by atoms with Crippen molar-refractivity contribution in [1.82, 2.24) is 20.4 Å². The number of piperidine rings is 1. The van der Waals surface area contributed by atoms with Crippen molar-refractivity contribution in [3.63, 3.8) is 0 Å². The summed E-state index contributed by atoms with van der Waals surface area (Å²) in [4.78, 5) is 16.9. The minimum Gasteiger partial charge on any atom is -0.353 e. The number of fused-ring (bicyclic) bond motifs is 1. The Balaban J connectivity index is 0.00000169. The highest BCUT2D eigenvalue weighted by Gasteiger charge is 2.24. The van der Waals surface area contributed by atoms with Gasteiger partial charge in [-0.05, 0) is 57.6 Å². The summed E-state index contributed by atoms with van der Waals surface area (Å²) in [6.45, 7) is 4.30. The summed E-state index contributed by atoms with van der Waals surface area (Å²) in [5.41, 5.74) is 2.83. The third-order valence-corrected chi connectivity index (χ3v) is 5.48. The maximum atomic E-state index is 12.3. The van der Waals surface area contributed by atoms with E-state index < -0.39 is 0 Å². The van der Waals surface area contributed by atoms with Crippen molar-refractivity contribution in [2.45, 2.75) is 37.9 Å². The Morgan fingerprint density at radius 2 is 1.88 bits per heavy atom. The molecule has 1 fully saturated rings. The number of carbonyl (C=O) groups is 1. The average molecular weight is 403 g/mol. The van der Waals surface area contributed by atoms with E-state index in [1.165, 1.54) is 11.1 Å². The van der Waals surface area contributed by atoms with E-state index in [0.717, 1.165) is 45.4 Å². The van der Waals surface area contributed by atoms with Gasteiger partial charge in [0.1, 0.15) is 0 Å². The van der Waals surface area contributed by atoms with Gasteiger partial charge in [0, 0.05) is 25.2 Å². The van der Waals surface area contributed by atoms with Crippen LogP contribution in [0.5, 0.6) is 0 Å². The predicted octanol–water partition coefficient (Wildman–Crippen LogP) is 1.69. The molecule has 0 radical (unpaired) electrons. The van der Waals surface area contributed by atoms with Gasteiger partial charge >= 0.3 is 0 Å². The molecule has 2 heterocycles. The van der Waals surface area contributed by atoms with Crippen LogP contribution in [0.25, 0.3) is 0 Å². The third-order valence-electron chi connectivity index (χ3n) is 5.48. The Morgan fingerprint density at radius 1 is 1.23 bits per heavy atom. The second-order valence-electron chi connectivity index (χ2n) is 7.24. The lowest BCUT2D eigenvalue weighted by atomic mass is 9.94. The zero-order valence-electron chi connectivity index (χ0n) is 15.7. The first kappa shape index (κ1) is 23.2. The van der Waals surface area contributed by atoms with Crippen LogP contribution in [-0.2, 0) is 17.8 Å². The molecule has 1 amide bonds. The van der Waals surface area contributed by atoms with Gasteiger partial charge in [0.2, 0.25) is 5.91 Å². The fraction of sp³-hybridized carbons (Fsp3) is 0.632. The molecule has 0 spiro atoms. The van der Waals surface area contributed by atoms with Gasteiger partial charge in [0.05, 0.1) is 6.54 Å². The van der Waals surface area contributed by atoms with Gasteiger partial charge in [-0.3, -0.25) is 14.6 Å². The second-order valence-corrected chi connectivity index (χ2v) is 7.24. The van der Waals surface area contributed by atoms with Gasteiger partial charge in [0.25, 0.3) is 0 Å². The zero-order valence-corrected chi connectivity index (χ0v) is 17.4. The second kappa shape index (κ2) is 11.1. The molecular formula is C19H32Cl2N4O. The van der Waals surface area contributed by atoms with Gasteiger partial charge in [-0.15, -0.1) is 24.8 Å². The Hall–Kier alpha value is -0.850. The molecule has 1 saturated heterocycles. The Morgan fingerprint density at radius 3 is 2.58 bits per heavy atom. The lowest BCUT2D eigenvalue weighted by Gasteiger charge is -2.34. The van der Waals surface area contributed by atoms with E-state index in [-0.39, 0.29) is 30.7 Å². The molecule has 2 aliphatic rings. The summed E-state index contributed by atoms with van der Waals surface area (Å²) in [5.74, 6) is 0.142. The Kier molecular flexibility index (Phi) is 9.90. The van der Waals surface area contributed by atoms with E-state index in [9.17, 15) is 4.79 Å². The molecule has 3 rings (SSSR count). The van der Waals surface area contributed by atoms with E-state index in [1.54, 1.807) is 0 Å². The highest BCUT2D eigenvalue weighted by atomic mass is 35.5. The number of halogens is 2. The average Bonchev–Trinajstić information content (AvgIpc) is 2.60. The summed E-state index contributed by atoms with van der Waals surface area (Å²) in [6.07, 6.45) is 3.27. The number of carbonyl (C=O) groups excluding carboxylic acids is 1. The molecule has 26 heavy (non-hydrogen) atoms. The zero-order chi connectivity index (χ0) is 16.9. The van der Waals surface area contributed by atoms with Crippen LogP contribution in [-0.4, -0.2) is 68.1 Å². The smallest absolute Gasteiger partial charge is 0.234 e. The van der Waals surface area contributed by atoms with Crippen LogP contribution in [0, 0.1) is 0 Å². The minimum absolute atomic E-state index is 0. The number of hydrogen-bond donors (Lipinski definition) is 2. The fourth-order valence-corrected chi connectivity index (χ4v) is 3.84. The van der Waals surface area contributed by atoms with Crippen molar-refractivity contribution in [3.8, 4) is 0 Å². The molecule has 5 nitrogen and oxygen atoms in total. The largest absolute Gasteiger partial charge is 0.353 e. The van der Waals surface area contributed by atoms with Crippen LogP contribution in [0.15, 0.2) is 24.3 Å². The van der Waals surface area contributed by atoms with Crippen LogP contribution in [0.4, 0.5) is 0 Å². The number of nitrogens with one attached hydrogen (secondary N) is 2. The van der Waals surface area contributed by atoms with Crippen LogP contribution in [0.3, 0.4) is 0 Å². The number of rotatable bonds is 5. The van der Waals surface area contributed by atoms with Gasteiger partial charge in [-0.2, -0.15) is 0 Å². The van der Waals surface area contributed by atoms with Crippen molar-refractivity contribution in [2.75, 3.05) is 40.3 Å². The highest BCUT2D eigenvalue weighted by molar-refractivity contribution is 5.85. The summed E-state index contributed by atoms with van der Waals surface area (Å²) < 4.78 is 0. The molecule has 2 aliphatic heterocycles. The molecule has 1 unspecified atom stereocenters. The van der Waals surface area contributed by atoms with Crippen LogP contribution in [0.1, 0.15) is 24.0 Å². The number of benzene rings is 1. The predicted molar refractivity (Wildman–Crippen MR) is 111 cm³/mol. The van der Waals surface area contributed by atoms with Crippen molar-refractivity contribution >= 4 is 30.7 Å². The SMILES string of the molecule is CN(CC(=O)NCC1Cc2ccccc2CN1C)C1CCNCC1.Cl.Cl. The van der Waals surface area contributed by atoms with E-state index >= 15 is 0 Å². The number of likely N-dealkylation sites (N-methyl/N-ethyl adjacent to an activating group) is 2. The van der Waals surface area contributed by atoms with E-state index in [0.29, 0.717) is 18.6 Å². The first-order valence-electron chi connectivity index (χ1n) is 9.08. The molecule has 1 atom stereocenters. The molecule has 1 aromatic carbocycles. The number of hydrogen-bond acceptors (Lipinski definition) is 4. The van der Waals surface area contributed by atoms with Crippen molar-refractivity contribution < 1.29 is 4.79 Å². The lowest BCUT2D eigenvalue weighted by molar-refractivity contribution is -0.122. The first-order chi connectivity index (χ1) is 11.6. The molecule has 2 N–H and O–H groups in total. The number of amides is 1. The summed E-state index contributed by atoms with van der Waals surface area (Å²) >= 11 is 0. The van der Waals surface area contributed by atoms with Crippen LogP contribution >= 0.6 is 24.8 Å². The summed E-state index contributed by atoms with van der Waals surface area (Å²) in [5, 5.41) is 6.52. The number of nitrogens with zero attached hydrogens (tertiary/aromatic N) is 2. The molecule has 0 aliphatic carbocycles. The standard InChI is InChI=1S/C19H30N4O.2ClH/c1-22-13-16-6-4-3-5-15(16)11-18(22)12-21-19(24)14-23(2)17-7-9-20-10-8-17;;/h3-6,17-18,20H,7-14H2,1-2H3,(H,21,24);2*1H. The monoisotopic (exact) mass is 402 g/mol. The van der Waals surface area contributed by atoms with Crippen LogP contribution in [0.2, 0.25) is 0 Å². The van der Waals surface area contributed by atoms with E-state index in [2.05, 4.69) is 58.8 Å². The molecule has 148 valence electrons. The van der Waals surface area contributed by atoms with E-state index in [1.807, 2.05) is 0 Å². The molecule has 0 aromatic heterocycles. The van der Waals surface area contributed by atoms with E-state index in [4.69, 9.17) is 0 Å². The Labute approximate surface area is 169 Å². The normalized spacial score (nSPS) is 20.7. The topological polar surface area (TPSA) is 47.6 Å². The van der Waals surface area contributed by atoms with Gasteiger partial charge < -0.3 is 10.6 Å². The van der Waals surface area contributed by atoms with Gasteiger partial charge in [-0.25, -0.2) is 0 Å². The molecule has 7 heteroatoms. The molecule has 1 aromatic rings. The highest BCUT2D eigenvalue weighted by Crippen LogP contribution is 2.21. The van der Waals surface area contributed by atoms with Crippen molar-refractivity contribution in [1.29, 1.82) is 0 Å². The summed E-state index contributed by atoms with van der Waals surface area (Å²) in [6, 6.07) is 9.53. The van der Waals surface area contributed by atoms with Gasteiger partial charge in [0.15, 0.2) is 0 Å². The molecular weight excluding hydrogens is 371 g/mol. The Bertz CT molecular complexity index is 566. The van der Waals surface area contributed by atoms with Crippen molar-refractivity contribution in [2.24, 2.45) is 0 Å².